The Morgan fingerprint density at radius 2 is 1.76 bits per heavy atom. The molecule has 0 bridgehead atoms. The number of ether oxygens (including phenoxy) is 2. The average molecular weight is 399 g/mol. The third-order valence-corrected chi connectivity index (χ3v) is 4.89. The Morgan fingerprint density at radius 3 is 2.38 bits per heavy atom. The molecule has 0 aliphatic heterocycles. The van der Waals surface area contributed by atoms with E-state index in [2.05, 4.69) is 73.8 Å². The fourth-order valence-corrected chi connectivity index (χ4v) is 3.15. The topological polar surface area (TPSA) is 58.1 Å². The van der Waals surface area contributed by atoms with E-state index in [1.807, 2.05) is 12.1 Å². The van der Waals surface area contributed by atoms with Crippen LogP contribution in [-0.4, -0.2) is 52.3 Å². The number of hydrogen-bond acceptors (Lipinski definition) is 4. The van der Waals surface area contributed by atoms with Crippen LogP contribution in [0.4, 0.5) is 0 Å². The van der Waals surface area contributed by atoms with Crippen molar-refractivity contribution in [1.29, 1.82) is 0 Å². The molecule has 0 fully saturated rings. The van der Waals surface area contributed by atoms with Crippen LogP contribution in [0.15, 0.2) is 47.5 Å². The van der Waals surface area contributed by atoms with Gasteiger partial charge in [0, 0.05) is 13.1 Å². The van der Waals surface area contributed by atoms with Crippen molar-refractivity contribution in [2.45, 2.75) is 26.4 Å². The number of guanidine groups is 1. The highest BCUT2D eigenvalue weighted by atomic mass is 16.5. The van der Waals surface area contributed by atoms with Gasteiger partial charge in [-0.25, -0.2) is 4.99 Å². The van der Waals surface area contributed by atoms with E-state index >= 15 is 0 Å². The quantitative estimate of drug-likeness (QED) is 0.501. The highest BCUT2D eigenvalue weighted by Crippen LogP contribution is 2.31. The SMILES string of the molecule is CCNC(=NCc1ccccc1C)NCC(c1ccc(OC)c(OC)c1)N(C)C. The summed E-state index contributed by atoms with van der Waals surface area (Å²) in [6.07, 6.45) is 0. The Kier molecular flexibility index (Phi) is 8.80. The van der Waals surface area contributed by atoms with Crippen LogP contribution in [0.5, 0.6) is 11.5 Å². The molecule has 6 nitrogen and oxygen atoms in total. The number of methoxy groups -OCH3 is 2. The molecule has 0 saturated heterocycles. The smallest absolute Gasteiger partial charge is 0.191 e. The summed E-state index contributed by atoms with van der Waals surface area (Å²) in [5.74, 6) is 2.27. The number of nitrogens with zero attached hydrogens (tertiary/aromatic N) is 2. The Morgan fingerprint density at radius 1 is 1.03 bits per heavy atom. The average Bonchev–Trinajstić information content (AvgIpc) is 2.72. The zero-order chi connectivity index (χ0) is 21.2. The third kappa shape index (κ3) is 6.39. The van der Waals surface area contributed by atoms with E-state index in [1.165, 1.54) is 11.1 Å². The lowest BCUT2D eigenvalue weighted by Gasteiger charge is -2.26. The largest absolute Gasteiger partial charge is 0.493 e. The first-order chi connectivity index (χ1) is 14.0. The molecule has 6 heteroatoms. The summed E-state index contributed by atoms with van der Waals surface area (Å²) in [5, 5.41) is 6.82. The molecule has 2 aromatic rings. The first kappa shape index (κ1) is 22.6. The molecule has 0 aliphatic carbocycles. The van der Waals surface area contributed by atoms with Crippen molar-refractivity contribution in [3.05, 3.63) is 59.2 Å². The molecule has 1 unspecified atom stereocenters. The van der Waals surface area contributed by atoms with Crippen LogP contribution in [0, 0.1) is 6.92 Å². The van der Waals surface area contributed by atoms with Gasteiger partial charge in [0.25, 0.3) is 0 Å². The van der Waals surface area contributed by atoms with E-state index in [0.29, 0.717) is 13.1 Å². The normalized spacial score (nSPS) is 12.6. The van der Waals surface area contributed by atoms with E-state index in [1.54, 1.807) is 14.2 Å². The molecular formula is C23H34N4O2. The molecular weight excluding hydrogens is 364 g/mol. The third-order valence-electron chi connectivity index (χ3n) is 4.89. The van der Waals surface area contributed by atoms with Gasteiger partial charge in [0.2, 0.25) is 0 Å². The van der Waals surface area contributed by atoms with Crippen LogP contribution in [0.1, 0.15) is 29.7 Å². The highest BCUT2D eigenvalue weighted by molar-refractivity contribution is 5.79. The summed E-state index contributed by atoms with van der Waals surface area (Å²) < 4.78 is 10.8. The van der Waals surface area contributed by atoms with E-state index in [9.17, 15) is 0 Å². The monoisotopic (exact) mass is 398 g/mol. The number of benzene rings is 2. The second kappa shape index (κ2) is 11.3. The molecule has 2 N–H and O–H groups in total. The van der Waals surface area contributed by atoms with Crippen molar-refractivity contribution in [1.82, 2.24) is 15.5 Å². The van der Waals surface area contributed by atoms with Crippen LogP contribution < -0.4 is 20.1 Å². The van der Waals surface area contributed by atoms with Gasteiger partial charge in [-0.1, -0.05) is 30.3 Å². The molecule has 2 aromatic carbocycles. The lowest BCUT2D eigenvalue weighted by molar-refractivity contribution is 0.295. The Balaban J connectivity index is 2.14. The fourth-order valence-electron chi connectivity index (χ4n) is 3.15. The summed E-state index contributed by atoms with van der Waals surface area (Å²) in [6.45, 7) is 6.35. The second-order valence-electron chi connectivity index (χ2n) is 7.10. The lowest BCUT2D eigenvalue weighted by Crippen LogP contribution is -2.41. The number of likely N-dealkylation sites (N-methyl/N-ethyl adjacent to an activating group) is 1. The van der Waals surface area contributed by atoms with Gasteiger partial charge < -0.3 is 25.0 Å². The zero-order valence-electron chi connectivity index (χ0n) is 18.5. The maximum absolute atomic E-state index is 5.47. The van der Waals surface area contributed by atoms with Gasteiger partial charge in [0.15, 0.2) is 17.5 Å². The van der Waals surface area contributed by atoms with Gasteiger partial charge in [-0.15, -0.1) is 0 Å². The molecule has 0 amide bonds. The molecule has 0 aliphatic rings. The second-order valence-corrected chi connectivity index (χ2v) is 7.10. The van der Waals surface area contributed by atoms with Crippen molar-refractivity contribution in [2.75, 3.05) is 41.4 Å². The molecule has 1 atom stereocenters. The van der Waals surface area contributed by atoms with E-state index < -0.39 is 0 Å². The summed E-state index contributed by atoms with van der Waals surface area (Å²) in [4.78, 5) is 6.94. The molecule has 158 valence electrons. The Labute approximate surface area is 174 Å². The molecule has 29 heavy (non-hydrogen) atoms. The van der Waals surface area contributed by atoms with Gasteiger partial charge in [-0.05, 0) is 56.8 Å². The molecule has 0 spiro atoms. The summed E-state index contributed by atoms with van der Waals surface area (Å²) in [5.41, 5.74) is 3.63. The highest BCUT2D eigenvalue weighted by Gasteiger charge is 2.17. The minimum atomic E-state index is 0.150. The van der Waals surface area contributed by atoms with Gasteiger partial charge in [-0.3, -0.25) is 0 Å². The van der Waals surface area contributed by atoms with Crippen molar-refractivity contribution in [3.63, 3.8) is 0 Å². The summed E-state index contributed by atoms with van der Waals surface area (Å²) >= 11 is 0. The van der Waals surface area contributed by atoms with Crippen LogP contribution >= 0.6 is 0 Å². The van der Waals surface area contributed by atoms with Gasteiger partial charge in [0.1, 0.15) is 0 Å². The molecule has 0 radical (unpaired) electrons. The van der Waals surface area contributed by atoms with Crippen molar-refractivity contribution in [2.24, 2.45) is 4.99 Å². The summed E-state index contributed by atoms with van der Waals surface area (Å²) in [7, 11) is 7.45. The maximum atomic E-state index is 5.47. The summed E-state index contributed by atoms with van der Waals surface area (Å²) in [6, 6.07) is 14.5. The van der Waals surface area contributed by atoms with Crippen LogP contribution in [0.3, 0.4) is 0 Å². The van der Waals surface area contributed by atoms with Crippen molar-refractivity contribution >= 4 is 5.96 Å². The predicted octanol–water partition coefficient (Wildman–Crippen LogP) is 3.37. The number of aliphatic imine (C=N–C) groups is 1. The van der Waals surface area contributed by atoms with E-state index in [4.69, 9.17) is 14.5 Å². The fraction of sp³-hybridized carbons (Fsp3) is 0.435. The first-order valence-corrected chi connectivity index (χ1v) is 9.95. The number of aryl methyl sites for hydroxylation is 1. The standard InChI is InChI=1S/C23H34N4O2/c1-7-24-23(25-15-19-11-9-8-10-17(19)2)26-16-20(27(3)4)18-12-13-21(28-5)22(14-18)29-6/h8-14,20H,7,15-16H2,1-6H3,(H2,24,25,26). The molecule has 0 heterocycles. The minimum Gasteiger partial charge on any atom is -0.493 e. The maximum Gasteiger partial charge on any atom is 0.191 e. The zero-order valence-corrected chi connectivity index (χ0v) is 18.5. The minimum absolute atomic E-state index is 0.150. The van der Waals surface area contributed by atoms with Crippen LogP contribution in [0.2, 0.25) is 0 Å². The lowest BCUT2D eigenvalue weighted by atomic mass is 10.1. The van der Waals surface area contributed by atoms with Gasteiger partial charge in [0.05, 0.1) is 26.8 Å². The van der Waals surface area contributed by atoms with Gasteiger partial charge >= 0.3 is 0 Å². The first-order valence-electron chi connectivity index (χ1n) is 9.95. The van der Waals surface area contributed by atoms with E-state index in [0.717, 1.165) is 29.6 Å². The van der Waals surface area contributed by atoms with E-state index in [-0.39, 0.29) is 6.04 Å². The van der Waals surface area contributed by atoms with Crippen molar-refractivity contribution < 1.29 is 9.47 Å². The Bertz CT molecular complexity index is 805. The Hall–Kier alpha value is -2.73. The van der Waals surface area contributed by atoms with Gasteiger partial charge in [-0.2, -0.15) is 0 Å². The molecule has 2 rings (SSSR count). The van der Waals surface area contributed by atoms with Crippen LogP contribution in [0.25, 0.3) is 0 Å². The van der Waals surface area contributed by atoms with Crippen molar-refractivity contribution in [3.8, 4) is 11.5 Å². The number of nitrogens with one attached hydrogen (secondary N) is 2. The number of rotatable bonds is 9. The number of hydrogen-bond donors (Lipinski definition) is 2. The molecule has 0 aromatic heterocycles. The van der Waals surface area contributed by atoms with Crippen LogP contribution in [-0.2, 0) is 6.54 Å². The predicted molar refractivity (Wildman–Crippen MR) is 120 cm³/mol. The molecule has 0 saturated carbocycles.